The van der Waals surface area contributed by atoms with E-state index in [1.165, 1.54) is 0 Å². The van der Waals surface area contributed by atoms with Gasteiger partial charge in [-0.25, -0.2) is 0 Å². The van der Waals surface area contributed by atoms with Gasteiger partial charge in [0.05, 0.1) is 0 Å². The molecule has 0 spiro atoms. The summed E-state index contributed by atoms with van der Waals surface area (Å²) in [5.41, 5.74) is -0.460. The van der Waals surface area contributed by atoms with Gasteiger partial charge in [-0.1, -0.05) is 0 Å². The van der Waals surface area contributed by atoms with Crippen LogP contribution in [0, 0.1) is 5.92 Å². The van der Waals surface area contributed by atoms with Crippen molar-refractivity contribution in [2.75, 3.05) is 0 Å². The minimum absolute atomic E-state index is 0.460. The van der Waals surface area contributed by atoms with Crippen LogP contribution in [0.5, 0.6) is 0 Å². The summed E-state index contributed by atoms with van der Waals surface area (Å²) < 4.78 is 26.1. The van der Waals surface area contributed by atoms with Crippen LogP contribution in [0.4, 0.5) is 0 Å². The van der Waals surface area contributed by atoms with E-state index in [1.807, 2.05) is 13.8 Å². The summed E-state index contributed by atoms with van der Waals surface area (Å²) in [7, 11) is 0. The fraction of sp³-hybridized carbons (Fsp3) is 1.00. The second-order valence-corrected chi connectivity index (χ2v) is 5.39. The van der Waals surface area contributed by atoms with Crippen LogP contribution in [0.15, 0.2) is 0 Å². The van der Waals surface area contributed by atoms with E-state index in [2.05, 4.69) is 13.8 Å². The Morgan fingerprint density at radius 2 is 1.93 bits per heavy atom. The molecule has 0 radical (unpaired) electrons. The molecule has 0 amide bonds. The van der Waals surface area contributed by atoms with E-state index in [9.17, 15) is 7.35 Å². The molecule has 0 aliphatic heterocycles. The van der Waals surface area contributed by atoms with Gasteiger partial charge >= 0.3 is 91.3 Å². The Balaban J connectivity index is 3.99. The van der Waals surface area contributed by atoms with Crippen molar-refractivity contribution in [3.05, 3.63) is 0 Å². The first kappa shape index (κ1) is 14.1. The molecule has 0 N–H and O–H groups in total. The normalized spacial score (nSPS) is 15.5. The molecule has 0 aliphatic carbocycles. The Kier molecular flexibility index (Phi) is 6.66. The summed E-state index contributed by atoms with van der Waals surface area (Å²) in [6.45, 7) is 8.19. The van der Waals surface area contributed by atoms with Crippen LogP contribution in [0.2, 0.25) is 0 Å². The molecule has 14 heavy (non-hydrogen) atoms. The van der Waals surface area contributed by atoms with E-state index in [4.69, 9.17) is 3.66 Å². The average molecular weight is 240 g/mol. The monoisotopic (exact) mass is 240 g/mol. The van der Waals surface area contributed by atoms with Gasteiger partial charge in [0.25, 0.3) is 0 Å². The standard InChI is InChI=1S/C10H21O.2O.V/c1-5-10(4,11)8-6-7-9(2)3;;;/h9H,5-8H2,1-4H3;;;/q-1;;;+1. The predicted octanol–water partition coefficient (Wildman–Crippen LogP) is 3.22. The molecule has 0 fully saturated rings. The molecule has 84 valence electrons. The van der Waals surface area contributed by atoms with Crippen molar-refractivity contribution >= 4 is 0 Å². The molecule has 0 aromatic carbocycles. The molecule has 3 nitrogen and oxygen atoms in total. The van der Waals surface area contributed by atoms with Gasteiger partial charge in [-0.15, -0.1) is 0 Å². The van der Waals surface area contributed by atoms with Crippen molar-refractivity contribution in [2.45, 2.75) is 59.0 Å². The third-order valence-corrected chi connectivity index (χ3v) is 3.45. The maximum atomic E-state index is 10.6. The van der Waals surface area contributed by atoms with Crippen molar-refractivity contribution < 1.29 is 26.4 Å². The third-order valence-electron chi connectivity index (χ3n) is 2.53. The maximum absolute atomic E-state index is 10.6. The van der Waals surface area contributed by atoms with E-state index in [0.29, 0.717) is 5.92 Å². The first-order valence-corrected chi connectivity index (χ1v) is 6.94. The van der Waals surface area contributed by atoms with Crippen molar-refractivity contribution in [3.8, 4) is 0 Å². The van der Waals surface area contributed by atoms with E-state index in [0.717, 1.165) is 25.7 Å². The Labute approximate surface area is 91.6 Å². The first-order valence-electron chi connectivity index (χ1n) is 5.23. The fourth-order valence-electron chi connectivity index (χ4n) is 1.35. The predicted molar refractivity (Wildman–Crippen MR) is 49.8 cm³/mol. The van der Waals surface area contributed by atoms with Gasteiger partial charge in [0, 0.05) is 0 Å². The van der Waals surface area contributed by atoms with Gasteiger partial charge in [0.1, 0.15) is 0 Å². The van der Waals surface area contributed by atoms with E-state index >= 15 is 0 Å². The van der Waals surface area contributed by atoms with Crippen molar-refractivity contribution in [3.63, 3.8) is 0 Å². The summed E-state index contributed by atoms with van der Waals surface area (Å²) in [6.07, 6.45) is 3.74. The zero-order valence-corrected chi connectivity index (χ0v) is 11.0. The molecule has 0 saturated carbocycles. The molecule has 1 atom stereocenters. The number of hydrogen-bond acceptors (Lipinski definition) is 3. The molecule has 0 aliphatic rings. The molecule has 0 aromatic rings. The summed E-state index contributed by atoms with van der Waals surface area (Å²) in [5, 5.41) is 0. The number of rotatable bonds is 7. The Morgan fingerprint density at radius 1 is 1.36 bits per heavy atom. The van der Waals surface area contributed by atoms with Crippen LogP contribution < -0.4 is 0 Å². The van der Waals surface area contributed by atoms with Gasteiger partial charge in [-0.05, 0) is 0 Å². The third kappa shape index (κ3) is 6.58. The zero-order valence-electron chi connectivity index (χ0n) is 9.58. The SMILES string of the molecule is CCC(C)(CCCC(C)C)[O][V](=[O])=[O]. The average Bonchev–Trinajstić information content (AvgIpc) is 2.02. The van der Waals surface area contributed by atoms with E-state index in [-0.39, 0.29) is 0 Å². The van der Waals surface area contributed by atoms with Crippen LogP contribution in [-0.4, -0.2) is 5.60 Å². The summed E-state index contributed by atoms with van der Waals surface area (Å²) in [4.78, 5) is 0. The molecule has 0 bridgehead atoms. The quantitative estimate of drug-likeness (QED) is 0.686. The fourth-order valence-corrected chi connectivity index (χ4v) is 2.26. The first-order chi connectivity index (χ1) is 6.39. The topological polar surface area (TPSA) is 43.4 Å². The molecular formula is C10H21O3V. The Bertz CT molecular complexity index is 215. The van der Waals surface area contributed by atoms with Crippen LogP contribution in [0.25, 0.3) is 0 Å². The molecule has 0 rings (SSSR count). The zero-order chi connectivity index (χ0) is 11.2. The molecule has 0 aromatic heterocycles. The van der Waals surface area contributed by atoms with Crippen molar-refractivity contribution in [1.82, 2.24) is 0 Å². The molecule has 4 heteroatoms. The van der Waals surface area contributed by atoms with Crippen LogP contribution in [0.3, 0.4) is 0 Å². The summed E-state index contributed by atoms with van der Waals surface area (Å²) >= 11 is -3.44. The van der Waals surface area contributed by atoms with Crippen molar-refractivity contribution in [1.29, 1.82) is 0 Å². The molecular weight excluding hydrogens is 219 g/mol. The molecule has 1 unspecified atom stereocenters. The van der Waals surface area contributed by atoms with Gasteiger partial charge < -0.3 is 0 Å². The van der Waals surface area contributed by atoms with Gasteiger partial charge in [0.15, 0.2) is 0 Å². The van der Waals surface area contributed by atoms with E-state index in [1.54, 1.807) is 0 Å². The summed E-state index contributed by atoms with van der Waals surface area (Å²) in [5.74, 6) is 0.671. The summed E-state index contributed by atoms with van der Waals surface area (Å²) in [6, 6.07) is 0. The Hall–Kier alpha value is 0.144. The van der Waals surface area contributed by atoms with Crippen LogP contribution >= 0.6 is 0 Å². The van der Waals surface area contributed by atoms with Gasteiger partial charge in [-0.3, -0.25) is 0 Å². The van der Waals surface area contributed by atoms with Crippen LogP contribution in [0.1, 0.15) is 53.4 Å². The molecule has 0 heterocycles. The van der Waals surface area contributed by atoms with Gasteiger partial charge in [-0.2, -0.15) is 0 Å². The Morgan fingerprint density at radius 3 is 2.29 bits per heavy atom. The van der Waals surface area contributed by atoms with Gasteiger partial charge in [0.2, 0.25) is 0 Å². The second kappa shape index (κ2) is 6.60. The molecule has 0 saturated heterocycles. The second-order valence-electron chi connectivity index (χ2n) is 4.40. The van der Waals surface area contributed by atoms with Crippen LogP contribution in [-0.2, 0) is 26.4 Å². The minimum atomic E-state index is -3.44. The van der Waals surface area contributed by atoms with Crippen molar-refractivity contribution in [2.24, 2.45) is 5.92 Å². The van der Waals surface area contributed by atoms with E-state index < -0.39 is 21.0 Å². The number of hydrogen-bond donors (Lipinski definition) is 0.